The van der Waals surface area contributed by atoms with Crippen molar-refractivity contribution in [3.8, 4) is 0 Å². The third kappa shape index (κ3) is 6.52. The molecule has 0 bridgehead atoms. The molecular weight excluding hydrogens is 300 g/mol. The van der Waals surface area contributed by atoms with Crippen molar-refractivity contribution in [2.45, 2.75) is 65.6 Å². The van der Waals surface area contributed by atoms with E-state index in [1.165, 1.54) is 17.5 Å². The Bertz CT molecular complexity index is 534. The van der Waals surface area contributed by atoms with Crippen molar-refractivity contribution >= 4 is 6.09 Å². The van der Waals surface area contributed by atoms with Gasteiger partial charge >= 0.3 is 6.09 Å². The van der Waals surface area contributed by atoms with Crippen molar-refractivity contribution in [2.24, 2.45) is 5.92 Å². The Labute approximate surface area is 146 Å². The molecule has 2 atom stereocenters. The normalized spacial score (nSPS) is 20.0. The summed E-state index contributed by atoms with van der Waals surface area (Å²) < 4.78 is 5.32. The summed E-state index contributed by atoms with van der Waals surface area (Å²) in [5, 5.41) is 2.95. The minimum Gasteiger partial charge on any atom is -0.444 e. The maximum absolute atomic E-state index is 11.8. The van der Waals surface area contributed by atoms with Gasteiger partial charge in [-0.2, -0.15) is 0 Å². The first-order chi connectivity index (χ1) is 11.2. The number of hydrogen-bond donors (Lipinski definition) is 1. The molecule has 2 unspecified atom stereocenters. The van der Waals surface area contributed by atoms with Crippen molar-refractivity contribution in [2.75, 3.05) is 13.1 Å². The summed E-state index contributed by atoms with van der Waals surface area (Å²) in [6.07, 6.45) is 1.89. The Hall–Kier alpha value is -1.55. The predicted octanol–water partition coefficient (Wildman–Crippen LogP) is 4.12. The molecule has 1 aliphatic heterocycles. The molecular formula is C20H32N2O2. The zero-order valence-corrected chi connectivity index (χ0v) is 15.8. The van der Waals surface area contributed by atoms with Crippen LogP contribution in [-0.2, 0) is 11.3 Å². The Balaban J connectivity index is 1.73. The quantitative estimate of drug-likeness (QED) is 0.882. The number of ether oxygens (including phenoxy) is 1. The first-order valence-corrected chi connectivity index (χ1v) is 8.98. The molecule has 2 rings (SSSR count). The Morgan fingerprint density at radius 2 is 2.00 bits per heavy atom. The zero-order chi connectivity index (χ0) is 17.7. The molecule has 0 aromatic heterocycles. The molecule has 134 valence electrons. The summed E-state index contributed by atoms with van der Waals surface area (Å²) in [6.45, 7) is 13.1. The fourth-order valence-electron chi connectivity index (χ4n) is 3.27. The molecule has 1 saturated heterocycles. The Morgan fingerprint density at radius 3 is 2.62 bits per heavy atom. The molecule has 4 heteroatoms. The monoisotopic (exact) mass is 332 g/mol. The van der Waals surface area contributed by atoms with Gasteiger partial charge in [0.2, 0.25) is 0 Å². The topological polar surface area (TPSA) is 41.6 Å². The van der Waals surface area contributed by atoms with Gasteiger partial charge in [0.25, 0.3) is 0 Å². The summed E-state index contributed by atoms with van der Waals surface area (Å²) in [4.78, 5) is 14.3. The van der Waals surface area contributed by atoms with E-state index in [1.807, 2.05) is 20.8 Å². The van der Waals surface area contributed by atoms with Gasteiger partial charge in [0.1, 0.15) is 5.60 Å². The maximum atomic E-state index is 11.8. The van der Waals surface area contributed by atoms with Crippen LogP contribution in [0.5, 0.6) is 0 Å². The highest BCUT2D eigenvalue weighted by Crippen LogP contribution is 2.23. The summed E-state index contributed by atoms with van der Waals surface area (Å²) in [5.41, 5.74) is 2.24. The van der Waals surface area contributed by atoms with Gasteiger partial charge in [-0.1, -0.05) is 29.8 Å². The van der Waals surface area contributed by atoms with Crippen LogP contribution in [0.3, 0.4) is 0 Å². The number of aryl methyl sites for hydroxylation is 1. The smallest absolute Gasteiger partial charge is 0.407 e. The number of nitrogens with zero attached hydrogens (tertiary/aromatic N) is 1. The van der Waals surface area contributed by atoms with E-state index in [9.17, 15) is 4.79 Å². The second-order valence-electron chi connectivity index (χ2n) is 8.16. The van der Waals surface area contributed by atoms with Crippen LogP contribution >= 0.6 is 0 Å². The van der Waals surface area contributed by atoms with Crippen molar-refractivity contribution in [3.63, 3.8) is 0 Å². The highest BCUT2D eigenvalue weighted by Gasteiger charge is 2.25. The maximum Gasteiger partial charge on any atom is 0.407 e. The average Bonchev–Trinajstić information content (AvgIpc) is 2.86. The summed E-state index contributed by atoms with van der Waals surface area (Å²) in [7, 11) is 0. The SMILES string of the molecule is Cc1ccc(CN2CCC(CC(C)NC(=O)OC(C)(C)C)C2)cc1. The van der Waals surface area contributed by atoms with E-state index in [1.54, 1.807) is 0 Å². The molecule has 1 heterocycles. The van der Waals surface area contributed by atoms with Crippen LogP contribution in [0.15, 0.2) is 24.3 Å². The van der Waals surface area contributed by atoms with Crippen LogP contribution in [0, 0.1) is 12.8 Å². The molecule has 0 saturated carbocycles. The first kappa shape index (κ1) is 18.8. The lowest BCUT2D eigenvalue weighted by atomic mass is 10.0. The van der Waals surface area contributed by atoms with E-state index in [4.69, 9.17) is 4.74 Å². The van der Waals surface area contributed by atoms with Crippen LogP contribution in [0.4, 0.5) is 4.79 Å². The van der Waals surface area contributed by atoms with E-state index in [2.05, 4.69) is 48.3 Å². The fraction of sp³-hybridized carbons (Fsp3) is 0.650. The van der Waals surface area contributed by atoms with Gasteiger partial charge in [-0.15, -0.1) is 0 Å². The van der Waals surface area contributed by atoms with E-state index < -0.39 is 5.60 Å². The van der Waals surface area contributed by atoms with Crippen LogP contribution in [-0.4, -0.2) is 35.7 Å². The average molecular weight is 332 g/mol. The number of carbonyl (C=O) groups excluding carboxylic acids is 1. The Kier molecular flexibility index (Phi) is 6.27. The van der Waals surface area contributed by atoms with Gasteiger partial charge in [-0.25, -0.2) is 4.79 Å². The van der Waals surface area contributed by atoms with Crippen LogP contribution in [0.1, 0.15) is 51.7 Å². The lowest BCUT2D eigenvalue weighted by Gasteiger charge is -2.23. The van der Waals surface area contributed by atoms with E-state index in [0.717, 1.165) is 26.1 Å². The highest BCUT2D eigenvalue weighted by molar-refractivity contribution is 5.68. The third-order valence-corrected chi connectivity index (χ3v) is 4.35. The summed E-state index contributed by atoms with van der Waals surface area (Å²) in [5.74, 6) is 0.639. The van der Waals surface area contributed by atoms with Crippen molar-refractivity contribution in [1.82, 2.24) is 10.2 Å². The van der Waals surface area contributed by atoms with E-state index >= 15 is 0 Å². The second kappa shape index (κ2) is 8.02. The highest BCUT2D eigenvalue weighted by atomic mass is 16.6. The number of amides is 1. The standard InChI is InChI=1S/C20H32N2O2/c1-15-6-8-17(9-7-15)13-22-11-10-18(14-22)12-16(2)21-19(23)24-20(3,4)5/h6-9,16,18H,10-14H2,1-5H3,(H,21,23). The fourth-order valence-corrected chi connectivity index (χ4v) is 3.27. The molecule has 0 spiro atoms. The Morgan fingerprint density at radius 1 is 1.33 bits per heavy atom. The van der Waals surface area contributed by atoms with E-state index in [-0.39, 0.29) is 12.1 Å². The predicted molar refractivity (Wildman–Crippen MR) is 98.0 cm³/mol. The van der Waals surface area contributed by atoms with Crippen LogP contribution in [0.25, 0.3) is 0 Å². The second-order valence-corrected chi connectivity index (χ2v) is 8.16. The lowest BCUT2D eigenvalue weighted by molar-refractivity contribution is 0.0502. The minimum absolute atomic E-state index is 0.143. The van der Waals surface area contributed by atoms with Crippen molar-refractivity contribution in [3.05, 3.63) is 35.4 Å². The first-order valence-electron chi connectivity index (χ1n) is 8.98. The number of carbonyl (C=O) groups is 1. The van der Waals surface area contributed by atoms with Crippen LogP contribution < -0.4 is 5.32 Å². The minimum atomic E-state index is -0.442. The molecule has 1 amide bonds. The number of hydrogen-bond acceptors (Lipinski definition) is 3. The molecule has 1 fully saturated rings. The molecule has 4 nitrogen and oxygen atoms in total. The number of nitrogens with one attached hydrogen (secondary N) is 1. The van der Waals surface area contributed by atoms with Gasteiger partial charge < -0.3 is 10.1 Å². The van der Waals surface area contributed by atoms with Gasteiger partial charge in [-0.05, 0) is 65.5 Å². The molecule has 1 aromatic rings. The number of alkyl carbamates (subject to hydrolysis) is 1. The molecule has 0 radical (unpaired) electrons. The van der Waals surface area contributed by atoms with Gasteiger partial charge in [0.15, 0.2) is 0 Å². The molecule has 1 aliphatic rings. The lowest BCUT2D eigenvalue weighted by Crippen LogP contribution is -2.38. The molecule has 1 aromatic carbocycles. The van der Waals surface area contributed by atoms with Gasteiger partial charge in [-0.3, -0.25) is 4.90 Å². The zero-order valence-electron chi connectivity index (χ0n) is 15.8. The number of benzene rings is 1. The summed E-state index contributed by atoms with van der Waals surface area (Å²) in [6, 6.07) is 8.93. The van der Waals surface area contributed by atoms with Crippen LogP contribution in [0.2, 0.25) is 0 Å². The largest absolute Gasteiger partial charge is 0.444 e. The third-order valence-electron chi connectivity index (χ3n) is 4.35. The molecule has 0 aliphatic carbocycles. The number of likely N-dealkylation sites (tertiary alicyclic amines) is 1. The van der Waals surface area contributed by atoms with Crippen molar-refractivity contribution in [1.29, 1.82) is 0 Å². The van der Waals surface area contributed by atoms with Gasteiger partial charge in [0, 0.05) is 19.1 Å². The summed E-state index contributed by atoms with van der Waals surface area (Å²) >= 11 is 0. The van der Waals surface area contributed by atoms with Crippen molar-refractivity contribution < 1.29 is 9.53 Å². The molecule has 24 heavy (non-hydrogen) atoms. The molecule has 1 N–H and O–H groups in total. The number of rotatable bonds is 5. The van der Waals surface area contributed by atoms with Gasteiger partial charge in [0.05, 0.1) is 0 Å². The van der Waals surface area contributed by atoms with E-state index in [0.29, 0.717) is 5.92 Å².